The summed E-state index contributed by atoms with van der Waals surface area (Å²) in [6.45, 7) is 0.240. The number of benzene rings is 1. The fourth-order valence-corrected chi connectivity index (χ4v) is 2.30. The molecular formula is C12H14ClF2NO. The summed E-state index contributed by atoms with van der Waals surface area (Å²) in [6.07, 6.45) is 0.313. The average Bonchev–Trinajstić information content (AvgIpc) is 2.57. The predicted molar refractivity (Wildman–Crippen MR) is 63.6 cm³/mol. The molecule has 1 unspecified atom stereocenters. The van der Waals surface area contributed by atoms with Crippen LogP contribution in [0.5, 0.6) is 5.75 Å². The molecule has 17 heavy (non-hydrogen) atoms. The summed E-state index contributed by atoms with van der Waals surface area (Å²) >= 11 is 5.92. The van der Waals surface area contributed by atoms with E-state index in [9.17, 15) is 8.78 Å². The molecule has 1 aliphatic carbocycles. The fraction of sp³-hybridized carbons (Fsp3) is 0.500. The summed E-state index contributed by atoms with van der Waals surface area (Å²) in [4.78, 5) is 0. The number of ether oxygens (including phenoxy) is 1. The van der Waals surface area contributed by atoms with Gasteiger partial charge in [0.2, 0.25) is 5.92 Å². The fourth-order valence-electron chi connectivity index (χ4n) is 2.06. The number of nitrogens with two attached hydrogens (primary N) is 1. The Hall–Kier alpha value is -1.03. The van der Waals surface area contributed by atoms with Crippen molar-refractivity contribution in [2.45, 2.75) is 25.2 Å². The number of anilines is 1. The molecule has 0 heterocycles. The van der Waals surface area contributed by atoms with Crippen LogP contribution in [-0.2, 0) is 0 Å². The van der Waals surface area contributed by atoms with Crippen LogP contribution in [0, 0.1) is 5.92 Å². The normalized spacial score (nSPS) is 22.6. The van der Waals surface area contributed by atoms with Crippen molar-refractivity contribution in [3.05, 3.63) is 23.2 Å². The largest absolute Gasteiger partial charge is 0.490 e. The number of rotatable bonds is 3. The van der Waals surface area contributed by atoms with E-state index in [0.29, 0.717) is 22.9 Å². The summed E-state index contributed by atoms with van der Waals surface area (Å²) in [6, 6.07) is 5.05. The molecule has 2 N–H and O–H groups in total. The van der Waals surface area contributed by atoms with Crippen molar-refractivity contribution < 1.29 is 13.5 Å². The van der Waals surface area contributed by atoms with E-state index in [-0.39, 0.29) is 25.4 Å². The molecule has 0 amide bonds. The van der Waals surface area contributed by atoms with Crippen LogP contribution >= 0.6 is 11.6 Å². The molecule has 2 nitrogen and oxygen atoms in total. The molecule has 1 aromatic carbocycles. The van der Waals surface area contributed by atoms with Crippen LogP contribution in [0.25, 0.3) is 0 Å². The Kier molecular flexibility index (Phi) is 3.43. The number of nitrogen functional groups attached to an aromatic ring is 1. The van der Waals surface area contributed by atoms with Crippen LogP contribution in [-0.4, -0.2) is 12.5 Å². The number of alkyl halides is 2. The smallest absolute Gasteiger partial charge is 0.248 e. The Morgan fingerprint density at radius 1 is 1.47 bits per heavy atom. The zero-order valence-corrected chi connectivity index (χ0v) is 10.0. The highest BCUT2D eigenvalue weighted by Crippen LogP contribution is 2.39. The molecule has 1 fully saturated rings. The SMILES string of the molecule is Nc1cccc(Cl)c1OCC1CCC(F)(F)C1. The quantitative estimate of drug-likeness (QED) is 0.842. The second kappa shape index (κ2) is 4.69. The minimum Gasteiger partial charge on any atom is -0.490 e. The van der Waals surface area contributed by atoms with Gasteiger partial charge in [-0.25, -0.2) is 8.78 Å². The number of hydrogen-bond acceptors (Lipinski definition) is 2. The zero-order valence-electron chi connectivity index (χ0n) is 9.26. The molecule has 94 valence electrons. The molecule has 1 aliphatic rings. The van der Waals surface area contributed by atoms with Crippen molar-refractivity contribution in [3.8, 4) is 5.75 Å². The highest BCUT2D eigenvalue weighted by atomic mass is 35.5. The first-order chi connectivity index (χ1) is 7.98. The first-order valence-corrected chi connectivity index (χ1v) is 5.90. The van der Waals surface area contributed by atoms with Gasteiger partial charge >= 0.3 is 0 Å². The molecule has 0 radical (unpaired) electrons. The Balaban J connectivity index is 1.95. The van der Waals surface area contributed by atoms with E-state index in [1.807, 2.05) is 0 Å². The molecule has 1 aromatic rings. The van der Waals surface area contributed by atoms with Crippen LogP contribution in [0.3, 0.4) is 0 Å². The van der Waals surface area contributed by atoms with E-state index >= 15 is 0 Å². The van der Waals surface area contributed by atoms with Crippen LogP contribution in [0.4, 0.5) is 14.5 Å². The van der Waals surface area contributed by atoms with Crippen LogP contribution in [0.1, 0.15) is 19.3 Å². The molecule has 2 rings (SSSR count). The molecule has 0 aliphatic heterocycles. The van der Waals surface area contributed by atoms with Gasteiger partial charge in [0, 0.05) is 12.8 Å². The second-order valence-electron chi connectivity index (χ2n) is 4.43. The van der Waals surface area contributed by atoms with Gasteiger partial charge in [0.15, 0.2) is 5.75 Å². The van der Waals surface area contributed by atoms with Crippen molar-refractivity contribution in [2.75, 3.05) is 12.3 Å². The molecule has 1 atom stereocenters. The Morgan fingerprint density at radius 2 is 2.24 bits per heavy atom. The van der Waals surface area contributed by atoms with Gasteiger partial charge in [-0.05, 0) is 24.5 Å². The number of halogens is 3. The van der Waals surface area contributed by atoms with E-state index in [0.717, 1.165) is 0 Å². The minimum atomic E-state index is -2.54. The Bertz CT molecular complexity index is 391. The third-order valence-corrected chi connectivity index (χ3v) is 3.26. The van der Waals surface area contributed by atoms with Crippen molar-refractivity contribution in [1.29, 1.82) is 0 Å². The van der Waals surface area contributed by atoms with Gasteiger partial charge < -0.3 is 10.5 Å². The third-order valence-electron chi connectivity index (χ3n) is 2.97. The summed E-state index contributed by atoms with van der Waals surface area (Å²) in [5.41, 5.74) is 6.13. The first-order valence-electron chi connectivity index (χ1n) is 5.52. The zero-order chi connectivity index (χ0) is 12.5. The molecule has 0 spiro atoms. The van der Waals surface area contributed by atoms with E-state index in [4.69, 9.17) is 22.1 Å². The van der Waals surface area contributed by atoms with Crippen molar-refractivity contribution >= 4 is 17.3 Å². The van der Waals surface area contributed by atoms with Gasteiger partial charge in [-0.15, -0.1) is 0 Å². The van der Waals surface area contributed by atoms with Crippen molar-refractivity contribution in [3.63, 3.8) is 0 Å². The van der Waals surface area contributed by atoms with Gasteiger partial charge in [0.25, 0.3) is 0 Å². The van der Waals surface area contributed by atoms with Crippen molar-refractivity contribution in [2.24, 2.45) is 5.92 Å². The van der Waals surface area contributed by atoms with Gasteiger partial charge in [-0.2, -0.15) is 0 Å². The summed E-state index contributed by atoms with van der Waals surface area (Å²) in [5, 5.41) is 0.412. The van der Waals surface area contributed by atoms with Gasteiger partial charge in [0.1, 0.15) is 0 Å². The van der Waals surface area contributed by atoms with E-state index in [1.165, 1.54) is 0 Å². The summed E-state index contributed by atoms with van der Waals surface area (Å²) < 4.78 is 31.4. The van der Waals surface area contributed by atoms with E-state index < -0.39 is 5.92 Å². The number of para-hydroxylation sites is 1. The van der Waals surface area contributed by atoms with Crippen LogP contribution < -0.4 is 10.5 Å². The standard InChI is InChI=1S/C12H14ClF2NO/c13-9-2-1-3-10(16)11(9)17-7-8-4-5-12(14,15)6-8/h1-3,8H,4-7,16H2. The van der Waals surface area contributed by atoms with Crippen LogP contribution in [0.15, 0.2) is 18.2 Å². The maximum Gasteiger partial charge on any atom is 0.248 e. The molecule has 1 saturated carbocycles. The second-order valence-corrected chi connectivity index (χ2v) is 4.84. The topological polar surface area (TPSA) is 35.2 Å². The average molecular weight is 262 g/mol. The first kappa shape index (κ1) is 12.4. The van der Waals surface area contributed by atoms with E-state index in [2.05, 4.69) is 0 Å². The molecule has 5 heteroatoms. The lowest BCUT2D eigenvalue weighted by Gasteiger charge is -2.14. The molecule has 0 bridgehead atoms. The molecule has 0 aromatic heterocycles. The highest BCUT2D eigenvalue weighted by molar-refractivity contribution is 6.32. The van der Waals surface area contributed by atoms with Gasteiger partial charge in [-0.3, -0.25) is 0 Å². The van der Waals surface area contributed by atoms with Crippen molar-refractivity contribution in [1.82, 2.24) is 0 Å². The summed E-state index contributed by atoms with van der Waals surface area (Å²) in [7, 11) is 0. The van der Waals surface area contributed by atoms with E-state index in [1.54, 1.807) is 18.2 Å². The maximum absolute atomic E-state index is 13.0. The Morgan fingerprint density at radius 3 is 2.82 bits per heavy atom. The summed E-state index contributed by atoms with van der Waals surface area (Å²) in [5.74, 6) is -2.27. The Labute approximate surface area is 104 Å². The minimum absolute atomic E-state index is 0.0565. The van der Waals surface area contributed by atoms with Gasteiger partial charge in [0.05, 0.1) is 17.3 Å². The monoisotopic (exact) mass is 261 g/mol. The lowest BCUT2D eigenvalue weighted by molar-refractivity contribution is 0.00294. The molecule has 0 saturated heterocycles. The lowest BCUT2D eigenvalue weighted by atomic mass is 10.1. The maximum atomic E-state index is 13.0. The van der Waals surface area contributed by atoms with Gasteiger partial charge in [-0.1, -0.05) is 17.7 Å². The highest BCUT2D eigenvalue weighted by Gasteiger charge is 2.39. The third kappa shape index (κ3) is 3.00. The number of hydrogen-bond donors (Lipinski definition) is 1. The predicted octanol–water partition coefficient (Wildman–Crippen LogP) is 3.74. The lowest BCUT2D eigenvalue weighted by Crippen LogP contribution is -2.14. The molecular weight excluding hydrogens is 248 g/mol. The van der Waals surface area contributed by atoms with Crippen LogP contribution in [0.2, 0.25) is 5.02 Å².